The SMILES string of the molecule is COC(=O)N[C@H](C(=O)N1C2C=CC(C2)[C@H]1c1ncc(-c2ccc(-c3ccc(-c4cnc(C5C6C=CC(C6)C5C(=O)N(NC(=O)OC)C(C)C)[nH]4)cc3)cc2)[nH]1)C(C)C. The van der Waals surface area contributed by atoms with Crippen molar-refractivity contribution in [3.05, 3.63) is 96.9 Å². The Balaban J connectivity index is 0.955. The van der Waals surface area contributed by atoms with Crippen LogP contribution in [0.5, 0.6) is 0 Å². The molecule has 1 saturated heterocycles. The first-order chi connectivity index (χ1) is 27.9. The quantitative estimate of drug-likeness (QED) is 0.101. The van der Waals surface area contributed by atoms with Crippen molar-refractivity contribution in [1.82, 2.24) is 40.6 Å². The van der Waals surface area contributed by atoms with Crippen LogP contribution in [0.25, 0.3) is 33.6 Å². The van der Waals surface area contributed by atoms with Crippen molar-refractivity contribution in [2.75, 3.05) is 14.2 Å². The first kappa shape index (κ1) is 38.7. The van der Waals surface area contributed by atoms with E-state index in [2.05, 4.69) is 93.5 Å². The highest BCUT2D eigenvalue weighted by Gasteiger charge is 2.52. The molecule has 3 heterocycles. The first-order valence-corrected chi connectivity index (χ1v) is 20.0. The number of likely N-dealkylation sites (tertiary alicyclic amines) is 1. The molecular formula is C44H50N8O6. The molecular weight excluding hydrogens is 737 g/mol. The number of H-pyrrole nitrogens is 2. The number of aromatic nitrogens is 4. The lowest BCUT2D eigenvalue weighted by Gasteiger charge is -2.35. The van der Waals surface area contributed by atoms with Crippen LogP contribution in [0.2, 0.25) is 0 Å². The zero-order valence-electron chi connectivity index (χ0n) is 33.5. The van der Waals surface area contributed by atoms with E-state index in [9.17, 15) is 19.2 Å². The Hall–Kier alpha value is -6.18. The third-order valence-electron chi connectivity index (χ3n) is 12.2. The number of amides is 4. The van der Waals surface area contributed by atoms with Gasteiger partial charge in [0.1, 0.15) is 17.7 Å². The van der Waals surface area contributed by atoms with Crippen LogP contribution in [0.15, 0.2) is 85.2 Å². The number of fused-ring (bicyclic) bond motifs is 4. The number of carbonyl (C=O) groups is 4. The Morgan fingerprint density at radius 1 is 0.724 bits per heavy atom. The number of allylic oxidation sites excluding steroid dienone is 2. The molecule has 1 aliphatic heterocycles. The van der Waals surface area contributed by atoms with Gasteiger partial charge in [-0.1, -0.05) is 86.7 Å². The van der Waals surface area contributed by atoms with E-state index in [1.807, 2.05) is 45.0 Å². The molecule has 4 N–H and O–H groups in total. The van der Waals surface area contributed by atoms with Gasteiger partial charge in [0.25, 0.3) is 0 Å². The van der Waals surface area contributed by atoms with Gasteiger partial charge in [0.05, 0.1) is 56.0 Å². The van der Waals surface area contributed by atoms with Gasteiger partial charge in [-0.3, -0.25) is 9.59 Å². The molecule has 4 aliphatic rings. The number of aromatic amines is 2. The van der Waals surface area contributed by atoms with Crippen molar-refractivity contribution in [1.29, 1.82) is 0 Å². The normalized spacial score (nSPS) is 24.4. The zero-order chi connectivity index (χ0) is 40.8. The number of hydrogen-bond donors (Lipinski definition) is 4. The largest absolute Gasteiger partial charge is 0.453 e. The summed E-state index contributed by atoms with van der Waals surface area (Å²) in [5, 5.41) is 4.11. The summed E-state index contributed by atoms with van der Waals surface area (Å²) in [6.45, 7) is 7.54. The van der Waals surface area contributed by atoms with Crippen molar-refractivity contribution >= 4 is 24.0 Å². The maximum atomic E-state index is 13.9. The number of rotatable bonds is 10. The second-order valence-electron chi connectivity index (χ2n) is 16.3. The zero-order valence-corrected chi connectivity index (χ0v) is 33.5. The summed E-state index contributed by atoms with van der Waals surface area (Å²) in [5.74, 6) is 0.939. The molecule has 58 heavy (non-hydrogen) atoms. The number of alkyl carbamates (subject to hydrolysis) is 1. The van der Waals surface area contributed by atoms with Crippen LogP contribution in [-0.4, -0.2) is 86.2 Å². The highest BCUT2D eigenvalue weighted by molar-refractivity contribution is 5.87. The van der Waals surface area contributed by atoms with E-state index in [1.165, 1.54) is 19.2 Å². The summed E-state index contributed by atoms with van der Waals surface area (Å²) in [6, 6.07) is 15.3. The van der Waals surface area contributed by atoms with Crippen molar-refractivity contribution in [3.63, 3.8) is 0 Å². The molecule has 3 aliphatic carbocycles. The number of imidazole rings is 2. The Morgan fingerprint density at radius 3 is 1.86 bits per heavy atom. The van der Waals surface area contributed by atoms with Crippen LogP contribution >= 0.6 is 0 Å². The highest BCUT2D eigenvalue weighted by Crippen LogP contribution is 2.53. The third kappa shape index (κ3) is 7.05. The van der Waals surface area contributed by atoms with Gasteiger partial charge in [0.15, 0.2) is 0 Å². The predicted molar refractivity (Wildman–Crippen MR) is 216 cm³/mol. The number of hydrogen-bond acceptors (Lipinski definition) is 8. The second kappa shape index (κ2) is 15.6. The summed E-state index contributed by atoms with van der Waals surface area (Å²) >= 11 is 0. The number of nitrogens with one attached hydrogen (secondary N) is 4. The van der Waals surface area contributed by atoms with E-state index < -0.39 is 18.2 Å². The lowest BCUT2D eigenvalue weighted by Crippen LogP contribution is -2.53. The molecule has 4 amide bonds. The first-order valence-electron chi connectivity index (χ1n) is 20.0. The number of methoxy groups -OCH3 is 2. The summed E-state index contributed by atoms with van der Waals surface area (Å²) in [4.78, 5) is 70.4. The minimum absolute atomic E-state index is 0.0557. The maximum Gasteiger partial charge on any atom is 0.425 e. The van der Waals surface area contributed by atoms with Gasteiger partial charge >= 0.3 is 12.2 Å². The predicted octanol–water partition coefficient (Wildman–Crippen LogP) is 6.76. The molecule has 6 unspecified atom stereocenters. The molecule has 0 radical (unpaired) electrons. The van der Waals surface area contributed by atoms with Gasteiger partial charge < -0.3 is 29.7 Å². The fourth-order valence-electron chi connectivity index (χ4n) is 9.30. The summed E-state index contributed by atoms with van der Waals surface area (Å²) in [5.41, 5.74) is 8.38. The van der Waals surface area contributed by atoms with E-state index in [-0.39, 0.29) is 65.4 Å². The van der Waals surface area contributed by atoms with Crippen molar-refractivity contribution < 1.29 is 28.7 Å². The van der Waals surface area contributed by atoms with Crippen LogP contribution in [0.4, 0.5) is 9.59 Å². The van der Waals surface area contributed by atoms with Crippen molar-refractivity contribution in [2.24, 2.45) is 29.6 Å². The van der Waals surface area contributed by atoms with Crippen molar-refractivity contribution in [3.8, 4) is 33.6 Å². The van der Waals surface area contributed by atoms with Gasteiger partial charge in [-0.15, -0.1) is 0 Å². The van der Waals surface area contributed by atoms with E-state index in [1.54, 1.807) is 0 Å². The van der Waals surface area contributed by atoms with Crippen LogP contribution in [-0.2, 0) is 19.1 Å². The average molecular weight is 787 g/mol. The monoisotopic (exact) mass is 786 g/mol. The Labute approximate surface area is 337 Å². The van der Waals surface area contributed by atoms with E-state index in [0.717, 1.165) is 58.1 Å². The number of nitrogens with zero attached hydrogens (tertiary/aromatic N) is 4. The number of ether oxygens (including phenoxy) is 2. The molecule has 2 aromatic carbocycles. The molecule has 14 heteroatoms. The van der Waals surface area contributed by atoms with Crippen LogP contribution in [0.1, 0.15) is 64.1 Å². The van der Waals surface area contributed by atoms with Gasteiger partial charge in [-0.2, -0.15) is 0 Å². The Kier molecular flexibility index (Phi) is 10.4. The fraction of sp³-hybridized carbons (Fsp3) is 0.409. The topological polar surface area (TPSA) is 175 Å². The van der Waals surface area contributed by atoms with E-state index in [0.29, 0.717) is 0 Å². The number of hydrazine groups is 1. The molecule has 2 fully saturated rings. The lowest BCUT2D eigenvalue weighted by atomic mass is 9.81. The van der Waals surface area contributed by atoms with Gasteiger partial charge in [-0.05, 0) is 66.7 Å². The van der Waals surface area contributed by atoms with E-state index >= 15 is 0 Å². The molecule has 8 atom stereocenters. The Bertz CT molecular complexity index is 2080. The van der Waals surface area contributed by atoms with Crippen molar-refractivity contribution in [2.45, 2.75) is 70.6 Å². The van der Waals surface area contributed by atoms with Gasteiger partial charge in [-0.25, -0.2) is 30.0 Å². The Morgan fingerprint density at radius 2 is 1.28 bits per heavy atom. The molecule has 4 bridgehead atoms. The van der Waals surface area contributed by atoms with Gasteiger partial charge in [0, 0.05) is 17.9 Å². The smallest absolute Gasteiger partial charge is 0.425 e. The molecule has 302 valence electrons. The fourth-order valence-corrected chi connectivity index (χ4v) is 9.30. The van der Waals surface area contributed by atoms with Crippen LogP contribution < -0.4 is 10.7 Å². The minimum atomic E-state index is -0.717. The molecule has 1 saturated carbocycles. The minimum Gasteiger partial charge on any atom is -0.453 e. The molecule has 14 nitrogen and oxygen atoms in total. The summed E-state index contributed by atoms with van der Waals surface area (Å²) < 4.78 is 9.58. The van der Waals surface area contributed by atoms with E-state index in [4.69, 9.17) is 19.4 Å². The lowest BCUT2D eigenvalue weighted by molar-refractivity contribution is -0.142. The van der Waals surface area contributed by atoms with Crippen LogP contribution in [0, 0.1) is 29.6 Å². The third-order valence-corrected chi connectivity index (χ3v) is 12.2. The summed E-state index contributed by atoms with van der Waals surface area (Å²) in [6.07, 6.45) is 12.6. The standard InChI is InChI=1S/C44H50N8O6/c1-23(2)37(49-43(55)57-5)42(54)51-32-18-17-31(20-32)38(51)40-46-22-34(48-40)28-13-9-26(10-14-28)25-7-11-27(12-8-25)33-21-45-39(47-33)35-29-15-16-30(19-29)36(35)41(53)52(24(3)4)50-44(56)58-6/h7-18,21-24,29-32,35-38H,19-20H2,1-6H3,(H,45,47)(H,46,48)(H,49,55)(H,50,56)/t29?,30?,31?,32?,35?,36?,37-,38-/m0/s1. The molecule has 4 aromatic rings. The number of carbonyl (C=O) groups excluding carboxylic acids is 4. The average Bonchev–Trinajstić information content (AvgIpc) is 4.10. The summed E-state index contributed by atoms with van der Waals surface area (Å²) in [7, 11) is 2.57. The number of benzene rings is 2. The molecule has 0 spiro atoms. The van der Waals surface area contributed by atoms with Gasteiger partial charge in [0.2, 0.25) is 11.8 Å². The maximum absolute atomic E-state index is 13.9. The second-order valence-corrected chi connectivity index (χ2v) is 16.3. The van der Waals surface area contributed by atoms with Crippen LogP contribution in [0.3, 0.4) is 0 Å². The highest BCUT2D eigenvalue weighted by atomic mass is 16.5. The molecule has 8 rings (SSSR count). The molecule has 2 aromatic heterocycles.